The average molecular weight is 763 g/mol. The first-order chi connectivity index (χ1) is 26.1. The van der Waals surface area contributed by atoms with Gasteiger partial charge in [-0.2, -0.15) is 0 Å². The van der Waals surface area contributed by atoms with Crippen molar-refractivity contribution < 1.29 is 67.4 Å². The maximum Gasteiger partial charge on any atom is 0.348 e. The number of ether oxygens (including phenoxy) is 6. The lowest BCUT2D eigenvalue weighted by Gasteiger charge is -2.47. The van der Waals surface area contributed by atoms with Crippen molar-refractivity contribution in [3.8, 4) is 0 Å². The van der Waals surface area contributed by atoms with E-state index in [4.69, 9.17) is 28.4 Å². The van der Waals surface area contributed by atoms with Crippen molar-refractivity contribution in [2.24, 2.45) is 10.8 Å². The Hall–Kier alpha value is -5.34. The number of aliphatic hydroxyl groups is 2. The number of rotatable bonds is 11. The molecule has 3 fully saturated rings. The van der Waals surface area contributed by atoms with E-state index in [9.17, 15) is 39.0 Å². The highest BCUT2D eigenvalue weighted by atomic mass is 16.8. The van der Waals surface area contributed by atoms with E-state index in [2.05, 4.69) is 0 Å². The minimum atomic E-state index is -1.85. The Bertz CT molecular complexity index is 1840. The van der Waals surface area contributed by atoms with Crippen LogP contribution in [0, 0.1) is 10.8 Å². The van der Waals surface area contributed by atoms with Gasteiger partial charge in [-0.3, -0.25) is 9.59 Å². The predicted octanol–water partition coefficient (Wildman–Crippen LogP) is 5.28. The first kappa shape index (κ1) is 40.8. The zero-order valence-corrected chi connectivity index (χ0v) is 31.3. The van der Waals surface area contributed by atoms with Crippen LogP contribution in [0.15, 0.2) is 94.6 Å². The summed E-state index contributed by atoms with van der Waals surface area (Å²) in [7, 11) is 3.08. The van der Waals surface area contributed by atoms with Crippen LogP contribution < -0.4 is 0 Å². The fourth-order valence-electron chi connectivity index (χ4n) is 7.58. The number of carbonyl (C=O) groups is 6. The fraction of sp³-hybridized carbons (Fsp3) is 0.463. The molecule has 2 saturated heterocycles. The molecule has 14 heteroatoms. The standard InChI is InChI=1S/C41H46O14/c1-5-39(25-51-4)21-32(44)27(33(45)22-39)14-9-7-11-16-29-36(48)54-41(55-37(29)49)18-12-17-40(23-41)52-34(46)28(35(47)53-40)15-10-6-8-13-26-30(42)19-38(2,24-50-3)20-31(26)43/h6-11,13-16,42,44H,5,12,17-25H2,1-4H3/b10-6+,11-7+,13-8+,14-9+,28-15?,29-16?. The molecule has 1 saturated carbocycles. The highest BCUT2D eigenvalue weighted by Crippen LogP contribution is 2.46. The van der Waals surface area contributed by atoms with Crippen molar-refractivity contribution in [1.82, 2.24) is 0 Å². The highest BCUT2D eigenvalue weighted by Gasteiger charge is 2.59. The largest absolute Gasteiger partial charge is 0.512 e. The number of aliphatic hydroxyl groups excluding tert-OH is 2. The lowest BCUT2D eigenvalue weighted by molar-refractivity contribution is -0.306. The lowest BCUT2D eigenvalue weighted by atomic mass is 9.72. The Balaban J connectivity index is 1.19. The second kappa shape index (κ2) is 16.6. The van der Waals surface area contributed by atoms with Crippen LogP contribution in [-0.2, 0) is 57.2 Å². The third-order valence-electron chi connectivity index (χ3n) is 10.3. The second-order valence-corrected chi connectivity index (χ2v) is 14.9. The number of hydrogen-bond acceptors (Lipinski definition) is 14. The lowest BCUT2D eigenvalue weighted by Crippen LogP contribution is -2.58. The van der Waals surface area contributed by atoms with Gasteiger partial charge in [-0.1, -0.05) is 50.3 Å². The summed E-state index contributed by atoms with van der Waals surface area (Å²) >= 11 is 0. The average Bonchev–Trinajstić information content (AvgIpc) is 3.08. The molecular formula is C41H46O14. The summed E-state index contributed by atoms with van der Waals surface area (Å²) in [4.78, 5) is 77.4. The minimum Gasteiger partial charge on any atom is -0.512 e. The van der Waals surface area contributed by atoms with Gasteiger partial charge in [0, 0.05) is 63.6 Å². The topological polar surface area (TPSA) is 198 Å². The summed E-state index contributed by atoms with van der Waals surface area (Å²) in [6.45, 7) is 4.47. The van der Waals surface area contributed by atoms with E-state index >= 15 is 0 Å². The molecule has 55 heavy (non-hydrogen) atoms. The molecule has 2 unspecified atom stereocenters. The molecule has 5 rings (SSSR count). The molecule has 2 atom stereocenters. The van der Waals surface area contributed by atoms with Crippen LogP contribution in [0.4, 0.5) is 0 Å². The van der Waals surface area contributed by atoms with E-state index in [-0.39, 0.29) is 72.8 Å². The molecule has 2 aliphatic heterocycles. The van der Waals surface area contributed by atoms with E-state index in [1.54, 1.807) is 7.11 Å². The van der Waals surface area contributed by atoms with Gasteiger partial charge in [0.1, 0.15) is 29.1 Å². The van der Waals surface area contributed by atoms with E-state index in [0.29, 0.717) is 26.1 Å². The minimum absolute atomic E-state index is 0.0310. The van der Waals surface area contributed by atoms with E-state index in [0.717, 1.165) is 0 Å². The third-order valence-corrected chi connectivity index (χ3v) is 10.3. The molecule has 14 nitrogen and oxygen atoms in total. The smallest absolute Gasteiger partial charge is 0.348 e. The number of Topliss-reactive ketones (excluding diaryl/α,β-unsaturated/α-hetero) is 2. The molecule has 0 amide bonds. The Morgan fingerprint density at radius 3 is 1.49 bits per heavy atom. The first-order valence-corrected chi connectivity index (χ1v) is 18.0. The van der Waals surface area contributed by atoms with Gasteiger partial charge >= 0.3 is 23.9 Å². The zero-order chi connectivity index (χ0) is 40.0. The molecule has 0 aromatic heterocycles. The van der Waals surface area contributed by atoms with Crippen molar-refractivity contribution in [2.75, 3.05) is 27.4 Å². The molecule has 0 radical (unpaired) electrons. The summed E-state index contributed by atoms with van der Waals surface area (Å²) in [6, 6.07) is 0. The van der Waals surface area contributed by atoms with Crippen LogP contribution in [0.5, 0.6) is 0 Å². The second-order valence-electron chi connectivity index (χ2n) is 14.9. The molecule has 5 aliphatic rings. The summed E-state index contributed by atoms with van der Waals surface area (Å²) in [6.07, 6.45) is 15.5. The number of carbonyl (C=O) groups excluding carboxylic acids is 6. The monoisotopic (exact) mass is 762 g/mol. The van der Waals surface area contributed by atoms with Crippen LogP contribution >= 0.6 is 0 Å². The quantitative estimate of drug-likeness (QED) is 0.119. The zero-order valence-electron chi connectivity index (χ0n) is 31.3. The van der Waals surface area contributed by atoms with Gasteiger partial charge in [-0.15, -0.1) is 0 Å². The van der Waals surface area contributed by atoms with Gasteiger partial charge < -0.3 is 38.6 Å². The number of allylic oxidation sites excluding steroid dienone is 14. The Kier molecular flexibility index (Phi) is 12.3. The molecule has 294 valence electrons. The third kappa shape index (κ3) is 9.14. The SMILES string of the molecule is CCC1(COC)CC(=O)C(/C=C/C=C/C=C2C(=O)OC3(CCCC4(C3)OC(=O)C(=C/C=C/C=C/C3=C(O)CC(C)(COC)CC3=O)C(=O)O4)OC2=O)=C(O)C1. The number of methoxy groups -OCH3 is 2. The maximum atomic E-state index is 13.0. The van der Waals surface area contributed by atoms with Crippen LogP contribution in [-0.4, -0.2) is 84.7 Å². The highest BCUT2D eigenvalue weighted by molar-refractivity contribution is 6.16. The van der Waals surface area contributed by atoms with Gasteiger partial charge in [-0.05, 0) is 37.1 Å². The predicted molar refractivity (Wildman–Crippen MR) is 193 cm³/mol. The number of hydrogen-bond donors (Lipinski definition) is 2. The molecule has 2 spiro atoms. The van der Waals surface area contributed by atoms with Gasteiger partial charge in [0.2, 0.25) is 0 Å². The summed E-state index contributed by atoms with van der Waals surface area (Å²) in [5.41, 5.74) is -1.44. The van der Waals surface area contributed by atoms with E-state index in [1.807, 2.05) is 13.8 Å². The van der Waals surface area contributed by atoms with Gasteiger partial charge in [0.15, 0.2) is 11.6 Å². The maximum absolute atomic E-state index is 13.0. The van der Waals surface area contributed by atoms with E-state index < -0.39 is 63.8 Å². The van der Waals surface area contributed by atoms with Crippen molar-refractivity contribution >= 4 is 35.4 Å². The van der Waals surface area contributed by atoms with Crippen molar-refractivity contribution in [2.45, 2.75) is 83.2 Å². The molecule has 2 N–H and O–H groups in total. The molecule has 2 heterocycles. The van der Waals surface area contributed by atoms with Crippen LogP contribution in [0.1, 0.15) is 71.6 Å². The van der Waals surface area contributed by atoms with Crippen LogP contribution in [0.3, 0.4) is 0 Å². The molecule has 0 aromatic rings. The molecule has 3 aliphatic carbocycles. The van der Waals surface area contributed by atoms with Crippen LogP contribution in [0.25, 0.3) is 0 Å². The van der Waals surface area contributed by atoms with Crippen LogP contribution in [0.2, 0.25) is 0 Å². The van der Waals surface area contributed by atoms with E-state index in [1.165, 1.54) is 67.9 Å². The molecule has 0 aromatic carbocycles. The summed E-state index contributed by atoms with van der Waals surface area (Å²) in [5.74, 6) is -8.20. The Morgan fingerprint density at radius 2 is 1.07 bits per heavy atom. The van der Waals surface area contributed by atoms with Gasteiger partial charge in [-0.25, -0.2) is 19.2 Å². The fourth-order valence-corrected chi connectivity index (χ4v) is 7.58. The molecule has 0 bridgehead atoms. The van der Waals surface area contributed by atoms with Gasteiger partial charge in [0.05, 0.1) is 24.4 Å². The first-order valence-electron chi connectivity index (χ1n) is 18.0. The Labute approximate surface area is 318 Å². The number of ketones is 2. The Morgan fingerprint density at radius 1 is 0.618 bits per heavy atom. The van der Waals surface area contributed by atoms with Gasteiger partial charge in [0.25, 0.3) is 11.6 Å². The van der Waals surface area contributed by atoms with Crippen molar-refractivity contribution in [3.05, 3.63) is 94.6 Å². The normalized spacial score (nSPS) is 30.7. The molecular weight excluding hydrogens is 716 g/mol. The van der Waals surface area contributed by atoms with Crippen molar-refractivity contribution in [3.63, 3.8) is 0 Å². The number of esters is 4. The summed E-state index contributed by atoms with van der Waals surface area (Å²) in [5, 5.41) is 21.0. The van der Waals surface area contributed by atoms with Crippen molar-refractivity contribution in [1.29, 1.82) is 0 Å². The summed E-state index contributed by atoms with van der Waals surface area (Å²) < 4.78 is 32.7.